The van der Waals surface area contributed by atoms with Gasteiger partial charge in [-0.25, -0.2) is 0 Å². The van der Waals surface area contributed by atoms with Gasteiger partial charge in [0.05, 0.1) is 0 Å². The van der Waals surface area contributed by atoms with Crippen LogP contribution in [0.25, 0.3) is 0 Å². The molecule has 2 rings (SSSR count). The predicted octanol–water partition coefficient (Wildman–Crippen LogP) is 1.77. The predicted molar refractivity (Wildman–Crippen MR) is 56.9 cm³/mol. The number of carbonyl (C=O) groups excluding carboxylic acids is 2. The third-order valence-corrected chi connectivity index (χ3v) is 13.0. The van der Waals surface area contributed by atoms with Crippen LogP contribution in [-0.2, 0) is 42.4 Å². The first-order valence-electron chi connectivity index (χ1n) is 5.89. The van der Waals surface area contributed by atoms with Gasteiger partial charge in [0, 0.05) is 0 Å². The zero-order chi connectivity index (χ0) is 12.6. The van der Waals surface area contributed by atoms with Crippen molar-refractivity contribution in [3.8, 4) is 0 Å². The fourth-order valence-electron chi connectivity index (χ4n) is 3.41. The molecule has 5 atom stereocenters. The van der Waals surface area contributed by atoms with E-state index in [2.05, 4.69) is 0 Å². The van der Waals surface area contributed by atoms with Crippen LogP contribution in [0.5, 0.6) is 0 Å². The average molecular weight is 447 g/mol. The molecular formula is C11H15ClHgO4. The van der Waals surface area contributed by atoms with Crippen LogP contribution in [0, 0.1) is 17.8 Å². The Morgan fingerprint density at radius 1 is 1.35 bits per heavy atom. The van der Waals surface area contributed by atoms with Gasteiger partial charge in [0.2, 0.25) is 0 Å². The first kappa shape index (κ1) is 13.6. The molecular weight excluding hydrogens is 432 g/mol. The molecule has 0 radical (unpaired) electrons. The number of hydrogen-bond acceptors (Lipinski definition) is 4. The third kappa shape index (κ3) is 2.48. The Balaban J connectivity index is 2.13. The summed E-state index contributed by atoms with van der Waals surface area (Å²) in [4.78, 5) is 22.8. The fourth-order valence-corrected chi connectivity index (χ4v) is 12.1. The number of fused-ring (bicyclic) bond motifs is 2. The number of ether oxygens (including phenoxy) is 2. The van der Waals surface area contributed by atoms with Crippen molar-refractivity contribution in [2.45, 2.75) is 29.3 Å². The zero-order valence-electron chi connectivity index (χ0n) is 10.0. The van der Waals surface area contributed by atoms with Crippen LogP contribution in [0.3, 0.4) is 0 Å². The Morgan fingerprint density at radius 2 is 2.06 bits per heavy atom. The van der Waals surface area contributed by atoms with E-state index in [0.717, 1.165) is 12.8 Å². The Morgan fingerprint density at radius 3 is 2.59 bits per heavy atom. The molecule has 2 bridgehead atoms. The summed E-state index contributed by atoms with van der Waals surface area (Å²) >= 11 is -1.47. The minimum absolute atomic E-state index is 0.0952. The molecule has 0 heterocycles. The molecule has 0 saturated heterocycles. The van der Waals surface area contributed by atoms with E-state index in [9.17, 15) is 9.59 Å². The van der Waals surface area contributed by atoms with Gasteiger partial charge < -0.3 is 0 Å². The van der Waals surface area contributed by atoms with Crippen LogP contribution in [0.1, 0.15) is 19.8 Å². The summed E-state index contributed by atoms with van der Waals surface area (Å²) in [5.74, 6) is 0.0870. The van der Waals surface area contributed by atoms with Crippen molar-refractivity contribution in [1.29, 1.82) is 0 Å². The molecule has 2 aliphatic carbocycles. The molecule has 0 aromatic carbocycles. The molecule has 0 aliphatic heterocycles. The van der Waals surface area contributed by atoms with Gasteiger partial charge in [-0.1, -0.05) is 0 Å². The van der Waals surface area contributed by atoms with Crippen LogP contribution < -0.4 is 0 Å². The van der Waals surface area contributed by atoms with Gasteiger partial charge in [-0.3, -0.25) is 0 Å². The van der Waals surface area contributed by atoms with Crippen molar-refractivity contribution in [2.75, 3.05) is 7.11 Å². The molecule has 0 aromatic heterocycles. The number of carbonyl (C=O) groups is 2. The zero-order valence-corrected chi connectivity index (χ0v) is 16.3. The third-order valence-electron chi connectivity index (χ3n) is 4.08. The van der Waals surface area contributed by atoms with E-state index in [0.29, 0.717) is 9.34 Å². The van der Waals surface area contributed by atoms with E-state index < -0.39 is 23.3 Å². The Kier molecular flexibility index (Phi) is 4.34. The molecule has 0 spiro atoms. The Bertz CT molecular complexity index is 335. The Hall–Kier alpha value is 0.165. The van der Waals surface area contributed by atoms with Crippen molar-refractivity contribution in [2.24, 2.45) is 17.8 Å². The molecule has 2 aliphatic rings. The van der Waals surface area contributed by atoms with E-state index in [4.69, 9.17) is 17.7 Å². The van der Waals surface area contributed by atoms with Gasteiger partial charge in [-0.15, -0.1) is 0 Å². The van der Waals surface area contributed by atoms with Gasteiger partial charge in [0.1, 0.15) is 0 Å². The molecule has 2 fully saturated rings. The van der Waals surface area contributed by atoms with E-state index in [-0.39, 0.29) is 29.9 Å². The van der Waals surface area contributed by atoms with E-state index in [1.807, 2.05) is 0 Å². The van der Waals surface area contributed by atoms with Crippen LogP contribution in [0.2, 0.25) is 3.43 Å². The normalized spacial score (nSPS) is 38.6. The van der Waals surface area contributed by atoms with Crippen molar-refractivity contribution in [3.63, 3.8) is 0 Å². The Labute approximate surface area is 116 Å². The average Bonchev–Trinajstić information content (AvgIpc) is 2.84. The van der Waals surface area contributed by atoms with Gasteiger partial charge in [-0.05, 0) is 0 Å². The molecule has 0 N–H and O–H groups in total. The number of methoxy groups -OCH3 is 1. The monoisotopic (exact) mass is 448 g/mol. The van der Waals surface area contributed by atoms with Crippen LogP contribution in [0.4, 0.5) is 0 Å². The number of rotatable bonds is 3. The molecule has 0 unspecified atom stereocenters. The van der Waals surface area contributed by atoms with Crippen molar-refractivity contribution in [1.82, 2.24) is 0 Å². The van der Waals surface area contributed by atoms with Crippen LogP contribution in [0.15, 0.2) is 0 Å². The molecule has 0 amide bonds. The summed E-state index contributed by atoms with van der Waals surface area (Å²) in [6, 6.07) is 0. The van der Waals surface area contributed by atoms with Crippen molar-refractivity contribution < 1.29 is 42.4 Å². The van der Waals surface area contributed by atoms with E-state index in [1.165, 1.54) is 14.0 Å². The number of halogens is 1. The van der Waals surface area contributed by atoms with Crippen LogP contribution in [-0.4, -0.2) is 25.2 Å². The summed E-state index contributed by atoms with van der Waals surface area (Å²) in [5, 5.41) is 0. The number of hydrogen-bond donors (Lipinski definition) is 0. The molecule has 17 heavy (non-hydrogen) atoms. The van der Waals surface area contributed by atoms with Crippen molar-refractivity contribution >= 4 is 20.2 Å². The van der Waals surface area contributed by atoms with E-state index in [1.54, 1.807) is 0 Å². The second-order valence-corrected chi connectivity index (χ2v) is 12.5. The SMILES string of the molecule is COC(=O)[C@@H]1C[C@@H]2C[C@H]1[C@@H](OC(C)=O)[C@H]2[Hg][Cl]. The molecule has 92 valence electrons. The first-order valence-corrected chi connectivity index (χ1v) is 15.8. The van der Waals surface area contributed by atoms with Crippen molar-refractivity contribution in [3.05, 3.63) is 0 Å². The summed E-state index contributed by atoms with van der Waals surface area (Å²) in [5.41, 5.74) is 0. The summed E-state index contributed by atoms with van der Waals surface area (Å²) in [7, 11) is 7.57. The quantitative estimate of drug-likeness (QED) is 0.489. The van der Waals surface area contributed by atoms with Gasteiger partial charge in [0.25, 0.3) is 0 Å². The molecule has 0 aromatic rings. The molecule has 4 nitrogen and oxygen atoms in total. The second-order valence-electron chi connectivity index (χ2n) is 4.92. The summed E-state index contributed by atoms with van der Waals surface area (Å²) in [6.07, 6.45) is 1.72. The summed E-state index contributed by atoms with van der Waals surface area (Å²) in [6.45, 7) is 1.42. The fraction of sp³-hybridized carbons (Fsp3) is 0.818. The van der Waals surface area contributed by atoms with Gasteiger partial charge >= 0.3 is 117 Å². The summed E-state index contributed by atoms with van der Waals surface area (Å²) < 4.78 is 10.6. The first-order chi connectivity index (χ1) is 8.08. The maximum atomic E-state index is 11.7. The van der Waals surface area contributed by atoms with Gasteiger partial charge in [0.15, 0.2) is 0 Å². The standard InChI is InChI=1S/C11H15O4.ClH.Hg/c1-6(12)15-10-5-7-3-8(10)9(4-7)11(13)14-2;;/h5,7-10H,3-4H2,1-2H3;1H;/q;;+1/p-1/t7-,8+,9+,10-;;/m0../s1. The molecule has 6 heteroatoms. The maximum absolute atomic E-state index is 11.7. The van der Waals surface area contributed by atoms with Gasteiger partial charge in [-0.2, -0.15) is 0 Å². The topological polar surface area (TPSA) is 52.6 Å². The molecule has 2 saturated carbocycles. The number of esters is 2. The van der Waals surface area contributed by atoms with Crippen LogP contribution >= 0.6 is 8.25 Å². The van der Waals surface area contributed by atoms with E-state index >= 15 is 0 Å². The minimum atomic E-state index is -1.47. The second kappa shape index (κ2) is 5.43.